The molecule has 0 aliphatic carbocycles. The summed E-state index contributed by atoms with van der Waals surface area (Å²) in [4.78, 5) is 10.4. The molecule has 0 aliphatic heterocycles. The summed E-state index contributed by atoms with van der Waals surface area (Å²) >= 11 is 0. The summed E-state index contributed by atoms with van der Waals surface area (Å²) in [6.07, 6.45) is 0.809. The van der Waals surface area contributed by atoms with Crippen molar-refractivity contribution in [2.24, 2.45) is 5.41 Å². The van der Waals surface area contributed by atoms with E-state index < -0.39 is 11.6 Å². The van der Waals surface area contributed by atoms with Crippen LogP contribution < -0.4 is 0 Å². The van der Waals surface area contributed by atoms with Gasteiger partial charge in [-0.2, -0.15) is 4.39 Å². The van der Waals surface area contributed by atoms with Crippen LogP contribution in [0.2, 0.25) is 0 Å². The van der Waals surface area contributed by atoms with E-state index in [1.807, 2.05) is 0 Å². The van der Waals surface area contributed by atoms with Gasteiger partial charge >= 0.3 is 6.04 Å². The topological polar surface area (TPSA) is 26.3 Å². The maximum absolute atomic E-state index is 12.3. The number of hydrogen-bond donors (Lipinski definition) is 0. The second-order valence-electron chi connectivity index (χ2n) is 4.94. The molecule has 0 aromatic heterocycles. The lowest BCUT2D eigenvalue weighted by Gasteiger charge is -2.23. The van der Waals surface area contributed by atoms with Gasteiger partial charge in [-0.25, -0.2) is 0 Å². The zero-order chi connectivity index (χ0) is 10.7. The van der Waals surface area contributed by atoms with Crippen molar-refractivity contribution in [3.05, 3.63) is 0 Å². The average molecular weight is 190 g/mol. The predicted molar refractivity (Wildman–Crippen MR) is 50.2 cm³/mol. The first-order valence-electron chi connectivity index (χ1n) is 4.49. The lowest BCUT2D eigenvalue weighted by Crippen LogP contribution is -2.33. The van der Waals surface area contributed by atoms with Crippen LogP contribution >= 0.6 is 0 Å². The van der Waals surface area contributed by atoms with E-state index in [1.165, 1.54) is 13.8 Å². The fourth-order valence-electron chi connectivity index (χ4n) is 0.669. The summed E-state index contributed by atoms with van der Waals surface area (Å²) in [5, 5.41) is 0. The van der Waals surface area contributed by atoms with Gasteiger partial charge in [-0.05, 0) is 25.7 Å². The van der Waals surface area contributed by atoms with Crippen LogP contribution in [0.4, 0.5) is 4.39 Å². The van der Waals surface area contributed by atoms with Crippen LogP contribution in [-0.4, -0.2) is 18.2 Å². The summed E-state index contributed by atoms with van der Waals surface area (Å²) in [6, 6.07) is -1.42. The van der Waals surface area contributed by atoms with Crippen LogP contribution in [0.15, 0.2) is 0 Å². The molecule has 0 atom stereocenters. The van der Waals surface area contributed by atoms with E-state index in [0.29, 0.717) is 6.61 Å². The molecule has 13 heavy (non-hydrogen) atoms. The first kappa shape index (κ1) is 12.6. The normalized spacial score (nSPS) is 13.1. The van der Waals surface area contributed by atoms with Gasteiger partial charge < -0.3 is 4.74 Å². The van der Waals surface area contributed by atoms with Crippen molar-refractivity contribution < 1.29 is 13.9 Å². The smallest absolute Gasteiger partial charge is 0.332 e. The minimum atomic E-state index is -1.42. The predicted octanol–water partition coefficient (Wildman–Crippen LogP) is 2.71. The first-order chi connectivity index (χ1) is 5.65. The molecule has 78 valence electrons. The van der Waals surface area contributed by atoms with Gasteiger partial charge in [0.15, 0.2) is 5.60 Å². The van der Waals surface area contributed by atoms with Crippen LogP contribution in [0.25, 0.3) is 0 Å². The molecule has 0 aromatic rings. The first-order valence-corrected chi connectivity index (χ1v) is 4.49. The molecule has 0 unspecified atom stereocenters. The second-order valence-corrected chi connectivity index (χ2v) is 4.94. The molecule has 0 spiro atoms. The van der Waals surface area contributed by atoms with E-state index in [-0.39, 0.29) is 5.41 Å². The van der Waals surface area contributed by atoms with Crippen molar-refractivity contribution in [2.75, 3.05) is 6.61 Å². The van der Waals surface area contributed by atoms with E-state index >= 15 is 0 Å². The van der Waals surface area contributed by atoms with Gasteiger partial charge in [-0.1, -0.05) is 20.8 Å². The fourth-order valence-corrected chi connectivity index (χ4v) is 0.669. The Balaban J connectivity index is 3.84. The average Bonchev–Trinajstić information content (AvgIpc) is 1.82. The Morgan fingerprint density at radius 3 is 2.00 bits per heavy atom. The van der Waals surface area contributed by atoms with Crippen molar-refractivity contribution in [1.29, 1.82) is 0 Å². The highest BCUT2D eigenvalue weighted by molar-refractivity contribution is 5.77. The molecule has 0 bridgehead atoms. The summed E-state index contributed by atoms with van der Waals surface area (Å²) in [6.45, 7) is 9.50. The molecule has 0 aliphatic rings. The Bertz CT molecular complexity index is 180. The Hall–Kier alpha value is -0.440. The number of carbonyl (C=O) groups excluding carboxylic acids is 1. The summed E-state index contributed by atoms with van der Waals surface area (Å²) in [7, 11) is 0. The van der Waals surface area contributed by atoms with Gasteiger partial charge in [0, 0.05) is 6.61 Å². The van der Waals surface area contributed by atoms with Crippen molar-refractivity contribution in [2.45, 2.75) is 46.6 Å². The molecule has 0 fully saturated rings. The maximum atomic E-state index is 12.3. The van der Waals surface area contributed by atoms with E-state index in [9.17, 15) is 9.18 Å². The van der Waals surface area contributed by atoms with Crippen LogP contribution in [0.3, 0.4) is 0 Å². The van der Waals surface area contributed by atoms with Crippen molar-refractivity contribution >= 4 is 6.04 Å². The number of rotatable bonds is 4. The Kier molecular flexibility index (Phi) is 4.04. The molecule has 3 heteroatoms. The number of hydrogen-bond acceptors (Lipinski definition) is 2. The number of halogens is 1. The van der Waals surface area contributed by atoms with Gasteiger partial charge in [0.1, 0.15) is 0 Å². The molecular weight excluding hydrogens is 171 g/mol. The van der Waals surface area contributed by atoms with Gasteiger partial charge in [-0.3, -0.25) is 4.79 Å². The summed E-state index contributed by atoms with van der Waals surface area (Å²) in [5.74, 6) is 0. The van der Waals surface area contributed by atoms with Crippen molar-refractivity contribution in [3.8, 4) is 0 Å². The zero-order valence-corrected chi connectivity index (χ0v) is 9.11. The zero-order valence-electron chi connectivity index (χ0n) is 9.11. The van der Waals surface area contributed by atoms with Crippen LogP contribution in [-0.2, 0) is 9.53 Å². The lowest BCUT2D eigenvalue weighted by atomic mass is 9.93. The third-order valence-electron chi connectivity index (χ3n) is 1.79. The molecule has 0 N–H and O–H groups in total. The Morgan fingerprint density at radius 2 is 1.69 bits per heavy atom. The highest BCUT2D eigenvalue weighted by atomic mass is 19.1. The second kappa shape index (κ2) is 4.18. The van der Waals surface area contributed by atoms with Gasteiger partial charge in [0.05, 0.1) is 0 Å². The minimum Gasteiger partial charge on any atom is -0.365 e. The largest absolute Gasteiger partial charge is 0.365 e. The van der Waals surface area contributed by atoms with Crippen molar-refractivity contribution in [3.63, 3.8) is 0 Å². The standard InChI is InChI=1S/C10H19FO2/c1-9(2,3)6-7-13-10(4,5)8(11)12/h6-7H2,1-5H3. The third-order valence-corrected chi connectivity index (χ3v) is 1.79. The lowest BCUT2D eigenvalue weighted by molar-refractivity contribution is -0.153. The molecule has 0 aromatic carbocycles. The molecule has 0 saturated heterocycles. The molecule has 0 radical (unpaired) electrons. The van der Waals surface area contributed by atoms with Crippen LogP contribution in [0.5, 0.6) is 0 Å². The summed E-state index contributed by atoms with van der Waals surface area (Å²) < 4.78 is 17.5. The summed E-state index contributed by atoms with van der Waals surface area (Å²) in [5.41, 5.74) is -1.14. The quantitative estimate of drug-likeness (QED) is 0.637. The maximum Gasteiger partial charge on any atom is 0.332 e. The Labute approximate surface area is 79.5 Å². The number of ether oxygens (including phenoxy) is 1. The molecule has 0 heterocycles. The van der Waals surface area contributed by atoms with Gasteiger partial charge in [-0.15, -0.1) is 0 Å². The molecule has 0 amide bonds. The van der Waals surface area contributed by atoms with Crippen molar-refractivity contribution in [1.82, 2.24) is 0 Å². The van der Waals surface area contributed by atoms with E-state index in [0.717, 1.165) is 6.42 Å². The van der Waals surface area contributed by atoms with Crippen LogP contribution in [0.1, 0.15) is 41.0 Å². The van der Waals surface area contributed by atoms with Gasteiger partial charge in [0.2, 0.25) is 0 Å². The molecule has 0 rings (SSSR count). The van der Waals surface area contributed by atoms with Crippen LogP contribution in [0, 0.1) is 5.41 Å². The number of carbonyl (C=O) groups is 1. The van der Waals surface area contributed by atoms with E-state index in [1.54, 1.807) is 0 Å². The van der Waals surface area contributed by atoms with Gasteiger partial charge in [0.25, 0.3) is 0 Å². The highest BCUT2D eigenvalue weighted by Gasteiger charge is 2.28. The highest BCUT2D eigenvalue weighted by Crippen LogP contribution is 2.20. The molecular formula is C10H19FO2. The van der Waals surface area contributed by atoms with E-state index in [4.69, 9.17) is 4.74 Å². The monoisotopic (exact) mass is 190 g/mol. The van der Waals surface area contributed by atoms with E-state index in [2.05, 4.69) is 20.8 Å². The molecule has 0 saturated carbocycles. The molecule has 2 nitrogen and oxygen atoms in total. The SMILES string of the molecule is CC(C)(C)CCOC(C)(C)C(=O)F. The third kappa shape index (κ3) is 5.75. The fraction of sp³-hybridized carbons (Fsp3) is 0.900. The Morgan fingerprint density at radius 1 is 1.23 bits per heavy atom. The minimum absolute atomic E-state index is 0.148.